The molecule has 1 aromatic heterocycles. The molecule has 1 aromatic rings. The Hall–Kier alpha value is -1.49. The van der Waals surface area contributed by atoms with Crippen LogP contribution in [0.1, 0.15) is 25.6 Å². The summed E-state index contributed by atoms with van der Waals surface area (Å²) in [4.78, 5) is 19.8. The summed E-state index contributed by atoms with van der Waals surface area (Å²) in [5, 5.41) is 6.04. The summed E-state index contributed by atoms with van der Waals surface area (Å²) in [5.74, 6) is 0.756. The monoisotopic (exact) mass is 220 g/mol. The molecule has 1 unspecified atom stereocenters. The minimum Gasteiger partial charge on any atom is -0.352 e. The second-order valence-corrected chi connectivity index (χ2v) is 4.05. The molecule has 0 spiro atoms. The summed E-state index contributed by atoms with van der Waals surface area (Å²) in [6.07, 6.45) is 5.61. The van der Waals surface area contributed by atoms with E-state index in [1.165, 1.54) is 0 Å². The van der Waals surface area contributed by atoms with E-state index in [9.17, 15) is 4.79 Å². The maximum atomic E-state index is 11.6. The Balaban J connectivity index is 1.74. The minimum atomic E-state index is -0.204. The van der Waals surface area contributed by atoms with Gasteiger partial charge in [0.05, 0.1) is 12.6 Å². The molecule has 2 rings (SSSR count). The van der Waals surface area contributed by atoms with Crippen LogP contribution in [0, 0.1) is 0 Å². The Morgan fingerprint density at radius 3 is 2.81 bits per heavy atom. The molecule has 2 N–H and O–H groups in total. The third-order valence-corrected chi connectivity index (χ3v) is 2.50. The van der Waals surface area contributed by atoms with Crippen molar-refractivity contribution >= 4 is 5.91 Å². The van der Waals surface area contributed by atoms with E-state index < -0.39 is 0 Å². The molecule has 1 atom stereocenters. The summed E-state index contributed by atoms with van der Waals surface area (Å²) in [6, 6.07) is 1.97. The maximum Gasteiger partial charge on any atom is 0.237 e. The summed E-state index contributed by atoms with van der Waals surface area (Å²) < 4.78 is 0. The first-order chi connectivity index (χ1) is 7.75. The van der Waals surface area contributed by atoms with Crippen molar-refractivity contribution in [2.24, 2.45) is 0 Å². The van der Waals surface area contributed by atoms with Gasteiger partial charge in [-0.1, -0.05) is 0 Å². The Bertz CT molecular complexity index is 350. The fraction of sp³-hybridized carbons (Fsp3) is 0.545. The van der Waals surface area contributed by atoms with Crippen molar-refractivity contribution in [1.29, 1.82) is 0 Å². The second-order valence-electron chi connectivity index (χ2n) is 4.05. The Kier molecular flexibility index (Phi) is 3.46. The highest BCUT2D eigenvalue weighted by molar-refractivity contribution is 5.81. The lowest BCUT2D eigenvalue weighted by atomic mass is 10.3. The molecule has 5 nitrogen and oxygen atoms in total. The molecule has 0 aromatic carbocycles. The van der Waals surface area contributed by atoms with Gasteiger partial charge in [-0.05, 0) is 25.8 Å². The SMILES string of the molecule is CC(NCc1ncccn1)C(=O)NC1CC1. The third kappa shape index (κ3) is 3.27. The van der Waals surface area contributed by atoms with Gasteiger partial charge in [0, 0.05) is 18.4 Å². The number of amides is 1. The molecule has 0 aliphatic heterocycles. The van der Waals surface area contributed by atoms with Crippen LogP contribution in [-0.4, -0.2) is 28.0 Å². The molecule has 1 aliphatic carbocycles. The number of carbonyl (C=O) groups excluding carboxylic acids is 1. The van der Waals surface area contributed by atoms with Gasteiger partial charge in [-0.25, -0.2) is 9.97 Å². The first-order valence-electron chi connectivity index (χ1n) is 5.55. The fourth-order valence-electron chi connectivity index (χ4n) is 1.31. The first-order valence-corrected chi connectivity index (χ1v) is 5.55. The first kappa shape index (κ1) is 11.0. The van der Waals surface area contributed by atoms with Crippen molar-refractivity contribution in [2.75, 3.05) is 0 Å². The van der Waals surface area contributed by atoms with Crippen molar-refractivity contribution in [2.45, 2.75) is 38.4 Å². The molecule has 0 bridgehead atoms. The average Bonchev–Trinajstić information content (AvgIpc) is 3.11. The maximum absolute atomic E-state index is 11.6. The van der Waals surface area contributed by atoms with Crippen molar-refractivity contribution in [3.05, 3.63) is 24.3 Å². The Morgan fingerprint density at radius 1 is 1.50 bits per heavy atom. The van der Waals surface area contributed by atoms with Crippen molar-refractivity contribution in [3.8, 4) is 0 Å². The Morgan fingerprint density at radius 2 is 2.19 bits per heavy atom. The molecule has 0 saturated heterocycles. The third-order valence-electron chi connectivity index (χ3n) is 2.50. The number of nitrogens with zero attached hydrogens (tertiary/aromatic N) is 2. The van der Waals surface area contributed by atoms with E-state index in [1.54, 1.807) is 18.5 Å². The van der Waals surface area contributed by atoms with Crippen LogP contribution >= 0.6 is 0 Å². The van der Waals surface area contributed by atoms with Crippen LogP contribution in [0.3, 0.4) is 0 Å². The van der Waals surface area contributed by atoms with Gasteiger partial charge in [-0.3, -0.25) is 10.1 Å². The minimum absolute atomic E-state index is 0.0541. The molecule has 0 radical (unpaired) electrons. The molecular weight excluding hydrogens is 204 g/mol. The van der Waals surface area contributed by atoms with Gasteiger partial charge in [0.25, 0.3) is 0 Å². The van der Waals surface area contributed by atoms with Gasteiger partial charge in [0.2, 0.25) is 5.91 Å². The molecule has 5 heteroatoms. The van der Waals surface area contributed by atoms with Crippen LogP contribution in [-0.2, 0) is 11.3 Å². The summed E-state index contributed by atoms with van der Waals surface area (Å²) in [6.45, 7) is 2.36. The number of carbonyl (C=O) groups is 1. The number of nitrogens with one attached hydrogen (secondary N) is 2. The van der Waals surface area contributed by atoms with E-state index in [-0.39, 0.29) is 11.9 Å². The fourth-order valence-corrected chi connectivity index (χ4v) is 1.31. The highest BCUT2D eigenvalue weighted by Gasteiger charge is 2.25. The molecule has 1 heterocycles. The zero-order valence-electron chi connectivity index (χ0n) is 9.31. The predicted molar refractivity (Wildman–Crippen MR) is 59.5 cm³/mol. The number of rotatable bonds is 5. The smallest absolute Gasteiger partial charge is 0.237 e. The molecule has 1 saturated carbocycles. The summed E-state index contributed by atoms with van der Waals surface area (Å²) in [7, 11) is 0. The van der Waals surface area contributed by atoms with Crippen molar-refractivity contribution in [3.63, 3.8) is 0 Å². The van der Waals surface area contributed by atoms with E-state index >= 15 is 0 Å². The van der Waals surface area contributed by atoms with E-state index in [0.717, 1.165) is 12.8 Å². The molecule has 1 aliphatic rings. The lowest BCUT2D eigenvalue weighted by molar-refractivity contribution is -0.122. The highest BCUT2D eigenvalue weighted by atomic mass is 16.2. The largest absolute Gasteiger partial charge is 0.352 e. The molecule has 1 amide bonds. The van der Waals surface area contributed by atoms with Crippen LogP contribution in [0.15, 0.2) is 18.5 Å². The molecule has 16 heavy (non-hydrogen) atoms. The van der Waals surface area contributed by atoms with E-state index in [1.807, 2.05) is 6.92 Å². The number of hydrogen-bond donors (Lipinski definition) is 2. The van der Waals surface area contributed by atoms with Crippen molar-refractivity contribution < 1.29 is 4.79 Å². The van der Waals surface area contributed by atoms with Gasteiger partial charge in [-0.15, -0.1) is 0 Å². The lowest BCUT2D eigenvalue weighted by Gasteiger charge is -2.12. The Labute approximate surface area is 94.7 Å². The van der Waals surface area contributed by atoms with Crippen LogP contribution < -0.4 is 10.6 Å². The van der Waals surface area contributed by atoms with Crippen LogP contribution in [0.25, 0.3) is 0 Å². The van der Waals surface area contributed by atoms with E-state index in [4.69, 9.17) is 0 Å². The summed E-state index contributed by atoms with van der Waals surface area (Å²) >= 11 is 0. The second kappa shape index (κ2) is 5.03. The van der Waals surface area contributed by atoms with Gasteiger partial charge in [-0.2, -0.15) is 0 Å². The molecule has 1 fully saturated rings. The van der Waals surface area contributed by atoms with Gasteiger partial charge in [0.15, 0.2) is 0 Å². The number of hydrogen-bond acceptors (Lipinski definition) is 4. The quantitative estimate of drug-likeness (QED) is 0.745. The highest BCUT2D eigenvalue weighted by Crippen LogP contribution is 2.18. The summed E-state index contributed by atoms with van der Waals surface area (Å²) in [5.41, 5.74) is 0. The van der Waals surface area contributed by atoms with Crippen molar-refractivity contribution in [1.82, 2.24) is 20.6 Å². The van der Waals surface area contributed by atoms with Crippen LogP contribution in [0.2, 0.25) is 0 Å². The molecule has 86 valence electrons. The van der Waals surface area contributed by atoms with E-state index in [0.29, 0.717) is 18.4 Å². The predicted octanol–water partition coefficient (Wildman–Crippen LogP) is 0.233. The number of aromatic nitrogens is 2. The van der Waals surface area contributed by atoms with Crippen LogP contribution in [0.5, 0.6) is 0 Å². The normalized spacial score (nSPS) is 16.8. The average molecular weight is 220 g/mol. The molecular formula is C11H16N4O. The van der Waals surface area contributed by atoms with E-state index in [2.05, 4.69) is 20.6 Å². The lowest BCUT2D eigenvalue weighted by Crippen LogP contribution is -2.42. The van der Waals surface area contributed by atoms with Gasteiger partial charge < -0.3 is 5.32 Å². The topological polar surface area (TPSA) is 66.9 Å². The van der Waals surface area contributed by atoms with Gasteiger partial charge in [0.1, 0.15) is 5.82 Å². The van der Waals surface area contributed by atoms with Gasteiger partial charge >= 0.3 is 0 Å². The standard InChI is InChI=1S/C11H16N4O/c1-8(11(16)15-9-3-4-9)14-7-10-12-5-2-6-13-10/h2,5-6,8-9,14H,3-4,7H2,1H3,(H,15,16). The zero-order chi connectivity index (χ0) is 11.4. The van der Waals surface area contributed by atoms with Crippen LogP contribution in [0.4, 0.5) is 0 Å². The zero-order valence-corrected chi connectivity index (χ0v) is 9.31.